The van der Waals surface area contributed by atoms with Crippen LogP contribution in [0.5, 0.6) is 0 Å². The van der Waals surface area contributed by atoms with E-state index in [1.807, 2.05) is 52.1 Å². The number of carbonyl (C=O) groups is 1. The number of rotatable bonds is 4. The molecule has 3 aromatic heterocycles. The van der Waals surface area contributed by atoms with Crippen LogP contribution in [0.1, 0.15) is 0 Å². The summed E-state index contributed by atoms with van der Waals surface area (Å²) in [6, 6.07) is 13.9. The van der Waals surface area contributed by atoms with Gasteiger partial charge in [0.1, 0.15) is 19.2 Å². The summed E-state index contributed by atoms with van der Waals surface area (Å²) in [7, 11) is 0. The van der Waals surface area contributed by atoms with Crippen LogP contribution in [0.3, 0.4) is 0 Å². The third-order valence-corrected chi connectivity index (χ3v) is 5.23. The fourth-order valence-electron chi connectivity index (χ4n) is 3.64. The molecular formula is C20H20N8O. The van der Waals surface area contributed by atoms with Crippen molar-refractivity contribution in [1.82, 2.24) is 34.4 Å². The number of hydrogen-bond donors (Lipinski definition) is 0. The van der Waals surface area contributed by atoms with Crippen LogP contribution in [-0.4, -0.2) is 66.5 Å². The van der Waals surface area contributed by atoms with Gasteiger partial charge < -0.3 is 14.4 Å². The van der Waals surface area contributed by atoms with Gasteiger partial charge >= 0.3 is 0 Å². The molecule has 29 heavy (non-hydrogen) atoms. The van der Waals surface area contributed by atoms with Crippen molar-refractivity contribution in [3.05, 3.63) is 61.3 Å². The molecule has 4 aromatic rings. The summed E-state index contributed by atoms with van der Waals surface area (Å²) < 4.78 is 3.58. The van der Waals surface area contributed by atoms with Gasteiger partial charge in [0.2, 0.25) is 5.91 Å². The number of hydrogen-bond acceptors (Lipinski definition) is 6. The Bertz CT molecular complexity index is 1110. The van der Waals surface area contributed by atoms with Crippen molar-refractivity contribution < 1.29 is 4.79 Å². The van der Waals surface area contributed by atoms with E-state index >= 15 is 0 Å². The topological polar surface area (TPSA) is 85.0 Å². The Balaban J connectivity index is 1.20. The molecule has 0 aliphatic carbocycles. The van der Waals surface area contributed by atoms with E-state index in [1.165, 1.54) is 6.33 Å². The maximum atomic E-state index is 12.8. The number of amides is 1. The molecule has 1 aromatic carbocycles. The molecule has 1 fully saturated rings. The first kappa shape index (κ1) is 17.4. The van der Waals surface area contributed by atoms with Gasteiger partial charge in [-0.15, -0.1) is 10.2 Å². The quantitative estimate of drug-likeness (QED) is 0.525. The highest BCUT2D eigenvalue weighted by Crippen LogP contribution is 2.17. The molecule has 1 saturated heterocycles. The van der Waals surface area contributed by atoms with E-state index in [0.717, 1.165) is 29.8 Å². The minimum absolute atomic E-state index is 0.138. The van der Waals surface area contributed by atoms with Gasteiger partial charge in [0.15, 0.2) is 11.6 Å². The van der Waals surface area contributed by atoms with Crippen molar-refractivity contribution in [1.29, 1.82) is 0 Å². The van der Waals surface area contributed by atoms with Gasteiger partial charge in [-0.25, -0.2) is 9.67 Å². The fraction of sp³-hybridized carbons (Fsp3) is 0.250. The maximum Gasteiger partial charge on any atom is 0.242 e. The van der Waals surface area contributed by atoms with E-state index in [2.05, 4.69) is 31.2 Å². The fourth-order valence-corrected chi connectivity index (χ4v) is 3.64. The zero-order chi connectivity index (χ0) is 19.6. The number of benzene rings is 1. The molecule has 9 heteroatoms. The number of para-hydroxylation sites is 1. The lowest BCUT2D eigenvalue weighted by molar-refractivity contribution is -0.132. The molecule has 0 saturated carbocycles. The second-order valence-electron chi connectivity index (χ2n) is 6.96. The number of anilines is 1. The largest absolute Gasteiger partial charge is 0.352 e. The lowest BCUT2D eigenvalue weighted by Gasteiger charge is -2.35. The van der Waals surface area contributed by atoms with Crippen LogP contribution in [0.4, 0.5) is 5.82 Å². The number of nitrogens with zero attached hydrogens (tertiary/aromatic N) is 8. The van der Waals surface area contributed by atoms with Gasteiger partial charge in [0, 0.05) is 37.9 Å². The molecule has 9 nitrogen and oxygen atoms in total. The number of piperazine rings is 1. The minimum atomic E-state index is 0.138. The molecule has 0 unspecified atom stereocenters. The van der Waals surface area contributed by atoms with Crippen molar-refractivity contribution in [3.8, 4) is 5.82 Å². The Labute approximate surface area is 167 Å². The van der Waals surface area contributed by atoms with Crippen molar-refractivity contribution in [2.24, 2.45) is 0 Å². The summed E-state index contributed by atoms with van der Waals surface area (Å²) in [5, 5.41) is 13.7. The smallest absolute Gasteiger partial charge is 0.242 e. The molecule has 0 atom stereocenters. The van der Waals surface area contributed by atoms with Gasteiger partial charge in [0.25, 0.3) is 0 Å². The first-order valence-electron chi connectivity index (χ1n) is 9.53. The zero-order valence-electron chi connectivity index (χ0n) is 15.8. The van der Waals surface area contributed by atoms with Crippen LogP contribution < -0.4 is 4.90 Å². The van der Waals surface area contributed by atoms with Gasteiger partial charge in [-0.05, 0) is 29.7 Å². The maximum absolute atomic E-state index is 12.8. The highest BCUT2D eigenvalue weighted by atomic mass is 16.2. The van der Waals surface area contributed by atoms with Crippen molar-refractivity contribution in [3.63, 3.8) is 0 Å². The predicted molar refractivity (Wildman–Crippen MR) is 108 cm³/mol. The SMILES string of the molecule is O=C(Cn1ccc2ccccc21)N1CCN(c2ccc(-n3cncn3)nn2)CC1. The lowest BCUT2D eigenvalue weighted by atomic mass is 10.2. The highest BCUT2D eigenvalue weighted by Gasteiger charge is 2.22. The third kappa shape index (κ3) is 3.42. The zero-order valence-corrected chi connectivity index (χ0v) is 15.8. The molecule has 5 rings (SSSR count). The van der Waals surface area contributed by atoms with Crippen LogP contribution >= 0.6 is 0 Å². The molecular weight excluding hydrogens is 368 g/mol. The summed E-state index contributed by atoms with van der Waals surface area (Å²) in [6.07, 6.45) is 5.02. The van der Waals surface area contributed by atoms with Crippen molar-refractivity contribution in [2.75, 3.05) is 31.1 Å². The first-order chi connectivity index (χ1) is 14.3. The second-order valence-corrected chi connectivity index (χ2v) is 6.96. The Morgan fingerprint density at radius 3 is 2.48 bits per heavy atom. The van der Waals surface area contributed by atoms with Gasteiger partial charge in [-0.2, -0.15) is 5.10 Å². The summed E-state index contributed by atoms with van der Waals surface area (Å²) in [5.41, 5.74) is 1.09. The summed E-state index contributed by atoms with van der Waals surface area (Å²) >= 11 is 0. The Morgan fingerprint density at radius 2 is 1.72 bits per heavy atom. The molecule has 1 aliphatic heterocycles. The van der Waals surface area contributed by atoms with E-state index in [1.54, 1.807) is 11.0 Å². The Hall–Kier alpha value is -3.75. The summed E-state index contributed by atoms with van der Waals surface area (Å²) in [6.45, 7) is 3.17. The minimum Gasteiger partial charge on any atom is -0.352 e. The van der Waals surface area contributed by atoms with Crippen LogP contribution in [0.2, 0.25) is 0 Å². The summed E-state index contributed by atoms with van der Waals surface area (Å²) in [4.78, 5) is 20.7. The molecule has 0 radical (unpaired) electrons. The molecule has 0 N–H and O–H groups in total. The van der Waals surface area contributed by atoms with Gasteiger partial charge in [-0.3, -0.25) is 4.79 Å². The Kier molecular flexibility index (Phi) is 4.39. The van der Waals surface area contributed by atoms with Crippen LogP contribution in [0.15, 0.2) is 61.3 Å². The first-order valence-corrected chi connectivity index (χ1v) is 9.53. The van der Waals surface area contributed by atoms with E-state index in [0.29, 0.717) is 25.5 Å². The molecule has 1 aliphatic rings. The molecule has 146 valence electrons. The molecule has 1 amide bonds. The third-order valence-electron chi connectivity index (χ3n) is 5.23. The standard InChI is InChI=1S/C20H20N8O/c29-20(13-27-8-7-16-3-1-2-4-17(16)27)26-11-9-25(10-12-26)18-5-6-19(24-23-18)28-15-21-14-22-28/h1-8,14-15H,9-13H2. The molecule has 4 heterocycles. The number of fused-ring (bicyclic) bond motifs is 1. The monoisotopic (exact) mass is 388 g/mol. The predicted octanol–water partition coefficient (Wildman–Crippen LogP) is 1.36. The van der Waals surface area contributed by atoms with E-state index < -0.39 is 0 Å². The molecule has 0 bridgehead atoms. The van der Waals surface area contributed by atoms with E-state index in [-0.39, 0.29) is 5.91 Å². The van der Waals surface area contributed by atoms with Crippen molar-refractivity contribution >= 4 is 22.6 Å². The van der Waals surface area contributed by atoms with E-state index in [4.69, 9.17) is 0 Å². The summed E-state index contributed by atoms with van der Waals surface area (Å²) in [5.74, 6) is 1.56. The van der Waals surface area contributed by atoms with Crippen LogP contribution in [-0.2, 0) is 11.3 Å². The highest BCUT2D eigenvalue weighted by molar-refractivity contribution is 5.83. The van der Waals surface area contributed by atoms with Gasteiger partial charge in [0.05, 0.1) is 0 Å². The number of carbonyl (C=O) groups excluding carboxylic acids is 1. The van der Waals surface area contributed by atoms with Crippen LogP contribution in [0.25, 0.3) is 16.7 Å². The normalized spacial score (nSPS) is 14.5. The number of aromatic nitrogens is 6. The Morgan fingerprint density at radius 1 is 0.931 bits per heavy atom. The van der Waals surface area contributed by atoms with Crippen molar-refractivity contribution in [2.45, 2.75) is 6.54 Å². The lowest BCUT2D eigenvalue weighted by Crippen LogP contribution is -2.49. The van der Waals surface area contributed by atoms with Gasteiger partial charge in [-0.1, -0.05) is 18.2 Å². The average molecular weight is 388 g/mol. The average Bonchev–Trinajstić information content (AvgIpc) is 3.45. The van der Waals surface area contributed by atoms with Crippen LogP contribution in [0, 0.1) is 0 Å². The second kappa shape index (κ2) is 7.34. The molecule has 0 spiro atoms. The van der Waals surface area contributed by atoms with E-state index in [9.17, 15) is 4.79 Å².